The zero-order chi connectivity index (χ0) is 15.5. The van der Waals surface area contributed by atoms with Crippen LogP contribution in [0.5, 0.6) is 5.75 Å². The van der Waals surface area contributed by atoms with Crippen LogP contribution >= 0.6 is 0 Å². The summed E-state index contributed by atoms with van der Waals surface area (Å²) in [6.07, 6.45) is 2.37. The summed E-state index contributed by atoms with van der Waals surface area (Å²) < 4.78 is 10.1. The Kier molecular flexibility index (Phi) is 4.43. The van der Waals surface area contributed by atoms with Crippen molar-refractivity contribution in [1.29, 1.82) is 0 Å². The Labute approximate surface area is 130 Å². The summed E-state index contributed by atoms with van der Waals surface area (Å²) in [7, 11) is 1.61. The van der Waals surface area contributed by atoms with Gasteiger partial charge in [-0.25, -0.2) is 0 Å². The fourth-order valence-electron chi connectivity index (χ4n) is 3.28. The fraction of sp³-hybridized carbons (Fsp3) is 0.529. The van der Waals surface area contributed by atoms with Gasteiger partial charge in [0, 0.05) is 17.9 Å². The predicted octanol–water partition coefficient (Wildman–Crippen LogP) is 1.91. The number of methoxy groups -OCH3 is 1. The van der Waals surface area contributed by atoms with Crippen molar-refractivity contribution in [2.24, 2.45) is 5.92 Å². The van der Waals surface area contributed by atoms with Crippen LogP contribution in [0.25, 0.3) is 0 Å². The summed E-state index contributed by atoms with van der Waals surface area (Å²) in [4.78, 5) is 26.3. The van der Waals surface area contributed by atoms with E-state index in [1.807, 2.05) is 24.3 Å². The molecule has 2 fully saturated rings. The van der Waals surface area contributed by atoms with E-state index in [-0.39, 0.29) is 23.7 Å². The van der Waals surface area contributed by atoms with E-state index in [9.17, 15) is 9.59 Å². The lowest BCUT2D eigenvalue weighted by Crippen LogP contribution is -2.44. The van der Waals surface area contributed by atoms with E-state index < -0.39 is 0 Å². The third-order valence-corrected chi connectivity index (χ3v) is 4.62. The van der Waals surface area contributed by atoms with E-state index in [1.165, 1.54) is 0 Å². The molecule has 0 aliphatic carbocycles. The van der Waals surface area contributed by atoms with Crippen LogP contribution in [0.4, 0.5) is 0 Å². The smallest absolute Gasteiger partial charge is 0.323 e. The topological polar surface area (TPSA) is 55.8 Å². The number of hydrogen-bond donors (Lipinski definition) is 0. The fourth-order valence-corrected chi connectivity index (χ4v) is 3.28. The molecule has 1 aromatic carbocycles. The first-order valence-corrected chi connectivity index (χ1v) is 7.78. The third kappa shape index (κ3) is 2.99. The van der Waals surface area contributed by atoms with Crippen molar-refractivity contribution in [3.63, 3.8) is 0 Å². The van der Waals surface area contributed by atoms with Crippen LogP contribution < -0.4 is 4.74 Å². The van der Waals surface area contributed by atoms with Gasteiger partial charge in [-0.1, -0.05) is 0 Å². The number of Topliss-reactive ketones (excluding diaryl/α,β-unsaturated/α-hetero) is 1. The molecule has 0 unspecified atom stereocenters. The highest BCUT2D eigenvalue weighted by atomic mass is 16.5. The van der Waals surface area contributed by atoms with Crippen LogP contribution in [0.1, 0.15) is 29.6 Å². The number of benzene rings is 1. The van der Waals surface area contributed by atoms with Gasteiger partial charge in [-0.3, -0.25) is 14.5 Å². The second kappa shape index (κ2) is 6.48. The van der Waals surface area contributed by atoms with E-state index in [2.05, 4.69) is 4.90 Å². The SMILES string of the molecule is COc1ccc(C(=O)C2CCN([C@H]3CCOC3=O)CC2)cc1. The zero-order valence-corrected chi connectivity index (χ0v) is 12.8. The lowest BCUT2D eigenvalue weighted by atomic mass is 9.88. The number of ether oxygens (including phenoxy) is 2. The average molecular weight is 303 g/mol. The summed E-state index contributed by atoms with van der Waals surface area (Å²) in [6.45, 7) is 2.09. The normalized spacial score (nSPS) is 23.3. The monoisotopic (exact) mass is 303 g/mol. The van der Waals surface area contributed by atoms with E-state index >= 15 is 0 Å². The molecule has 2 aliphatic rings. The highest BCUT2D eigenvalue weighted by molar-refractivity contribution is 5.98. The average Bonchev–Trinajstić information content (AvgIpc) is 3.00. The van der Waals surface area contributed by atoms with Crippen LogP contribution in [-0.4, -0.2) is 49.5 Å². The van der Waals surface area contributed by atoms with Gasteiger partial charge < -0.3 is 9.47 Å². The Bertz CT molecular complexity index is 546. The molecule has 2 saturated heterocycles. The van der Waals surface area contributed by atoms with Crippen molar-refractivity contribution in [2.75, 3.05) is 26.8 Å². The second-order valence-electron chi connectivity index (χ2n) is 5.87. The van der Waals surface area contributed by atoms with Gasteiger partial charge in [-0.15, -0.1) is 0 Å². The molecule has 1 aromatic rings. The van der Waals surface area contributed by atoms with E-state index in [4.69, 9.17) is 9.47 Å². The molecule has 1 atom stereocenters. The molecule has 0 spiro atoms. The van der Waals surface area contributed by atoms with Crippen molar-refractivity contribution in [3.05, 3.63) is 29.8 Å². The number of likely N-dealkylation sites (tertiary alicyclic amines) is 1. The zero-order valence-electron chi connectivity index (χ0n) is 12.8. The molecule has 0 N–H and O–H groups in total. The first-order chi connectivity index (χ1) is 10.7. The van der Waals surface area contributed by atoms with Crippen molar-refractivity contribution >= 4 is 11.8 Å². The molecule has 2 heterocycles. The number of cyclic esters (lactones) is 1. The van der Waals surface area contributed by atoms with Crippen molar-refractivity contribution in [2.45, 2.75) is 25.3 Å². The largest absolute Gasteiger partial charge is 0.497 e. The molecule has 0 amide bonds. The quantitative estimate of drug-likeness (QED) is 0.628. The second-order valence-corrected chi connectivity index (χ2v) is 5.87. The summed E-state index contributed by atoms with van der Waals surface area (Å²) in [6, 6.07) is 7.18. The number of hydrogen-bond acceptors (Lipinski definition) is 5. The molecule has 118 valence electrons. The number of carbonyl (C=O) groups is 2. The lowest BCUT2D eigenvalue weighted by Gasteiger charge is -2.33. The van der Waals surface area contributed by atoms with Gasteiger partial charge in [0.15, 0.2) is 5.78 Å². The lowest BCUT2D eigenvalue weighted by molar-refractivity contribution is -0.142. The van der Waals surface area contributed by atoms with Gasteiger partial charge in [0.1, 0.15) is 11.8 Å². The number of rotatable bonds is 4. The Balaban J connectivity index is 1.58. The van der Waals surface area contributed by atoms with Crippen molar-refractivity contribution < 1.29 is 19.1 Å². The molecule has 5 heteroatoms. The number of nitrogens with zero attached hydrogens (tertiary/aromatic N) is 1. The molecule has 0 aromatic heterocycles. The third-order valence-electron chi connectivity index (χ3n) is 4.62. The Morgan fingerprint density at radius 1 is 1.18 bits per heavy atom. The summed E-state index contributed by atoms with van der Waals surface area (Å²) in [5, 5.41) is 0. The molecule has 5 nitrogen and oxygen atoms in total. The molecule has 22 heavy (non-hydrogen) atoms. The van der Waals surface area contributed by atoms with E-state index in [0.717, 1.165) is 43.7 Å². The Hall–Kier alpha value is -1.88. The maximum atomic E-state index is 12.5. The summed E-state index contributed by atoms with van der Waals surface area (Å²) in [5.41, 5.74) is 0.736. The van der Waals surface area contributed by atoms with Crippen LogP contribution in [0.2, 0.25) is 0 Å². The van der Waals surface area contributed by atoms with E-state index in [1.54, 1.807) is 7.11 Å². The van der Waals surface area contributed by atoms with Crippen LogP contribution in [0.3, 0.4) is 0 Å². The van der Waals surface area contributed by atoms with Crippen molar-refractivity contribution in [1.82, 2.24) is 4.90 Å². The highest BCUT2D eigenvalue weighted by Gasteiger charge is 2.35. The minimum Gasteiger partial charge on any atom is -0.497 e. The van der Waals surface area contributed by atoms with Gasteiger partial charge in [0.25, 0.3) is 0 Å². The summed E-state index contributed by atoms with van der Waals surface area (Å²) >= 11 is 0. The van der Waals surface area contributed by atoms with Gasteiger partial charge in [-0.2, -0.15) is 0 Å². The van der Waals surface area contributed by atoms with Crippen LogP contribution in [-0.2, 0) is 9.53 Å². The molecule has 3 rings (SSSR count). The van der Waals surface area contributed by atoms with Gasteiger partial charge >= 0.3 is 5.97 Å². The van der Waals surface area contributed by atoms with Gasteiger partial charge in [-0.05, 0) is 50.2 Å². The van der Waals surface area contributed by atoms with Crippen LogP contribution in [0, 0.1) is 5.92 Å². The predicted molar refractivity (Wildman–Crippen MR) is 81.0 cm³/mol. The molecular weight excluding hydrogens is 282 g/mol. The highest BCUT2D eigenvalue weighted by Crippen LogP contribution is 2.26. The maximum Gasteiger partial charge on any atom is 0.323 e. The summed E-state index contributed by atoms with van der Waals surface area (Å²) in [5.74, 6) is 0.879. The molecule has 0 bridgehead atoms. The van der Waals surface area contributed by atoms with Gasteiger partial charge in [0.05, 0.1) is 13.7 Å². The minimum absolute atomic E-state index is 0.0436. The molecular formula is C17H21NO4. The number of piperidine rings is 1. The first kappa shape index (κ1) is 15.0. The number of ketones is 1. The Morgan fingerprint density at radius 2 is 1.86 bits per heavy atom. The molecule has 0 saturated carbocycles. The van der Waals surface area contributed by atoms with Gasteiger partial charge in [0.2, 0.25) is 0 Å². The minimum atomic E-state index is -0.111. The Morgan fingerprint density at radius 3 is 2.41 bits per heavy atom. The standard InChI is InChI=1S/C17H21NO4/c1-21-14-4-2-12(3-5-14)16(19)13-6-9-18(10-7-13)15-8-11-22-17(15)20/h2-5,13,15H,6-11H2,1H3/t15-/m0/s1. The van der Waals surface area contributed by atoms with Crippen molar-refractivity contribution in [3.8, 4) is 5.75 Å². The van der Waals surface area contributed by atoms with Crippen LogP contribution in [0.15, 0.2) is 24.3 Å². The maximum absolute atomic E-state index is 12.5. The number of carbonyl (C=O) groups excluding carboxylic acids is 2. The number of esters is 1. The molecule has 2 aliphatic heterocycles. The molecule has 0 radical (unpaired) electrons. The van der Waals surface area contributed by atoms with E-state index in [0.29, 0.717) is 6.61 Å². The first-order valence-electron chi connectivity index (χ1n) is 7.78.